The van der Waals surface area contributed by atoms with Gasteiger partial charge < -0.3 is 34.1 Å². The molecular formula is C19H24N2O10. The van der Waals surface area contributed by atoms with Crippen molar-refractivity contribution in [2.24, 2.45) is 0 Å². The number of rotatable bonds is 6. The maximum absolute atomic E-state index is 12.7. The number of nitrogens with zero attached hydrogens (tertiary/aromatic N) is 1. The number of ether oxygens (including phenoxy) is 5. The normalized spacial score (nSPS) is 25.1. The molecule has 0 unspecified atom stereocenters. The van der Waals surface area contributed by atoms with Crippen LogP contribution in [0, 0.1) is 0 Å². The van der Waals surface area contributed by atoms with Gasteiger partial charge in [-0.15, -0.1) is 0 Å². The third-order valence-electron chi connectivity index (χ3n) is 4.27. The van der Waals surface area contributed by atoms with Gasteiger partial charge in [-0.25, -0.2) is 4.98 Å². The predicted octanol–water partition coefficient (Wildman–Crippen LogP) is 0.0655. The molecule has 2 heterocycles. The van der Waals surface area contributed by atoms with Gasteiger partial charge in [-0.3, -0.25) is 19.2 Å². The minimum Gasteiger partial charge on any atom is -0.503 e. The standard InChI is InChI=1S/C19H24N2O10/c1-8-15(29-9(2)22)16(30-10(3)23)17(31-11(4)24)19(28-8)21-18(26)13-14(25)12(27-5)6-7-20-13/h6-8,15-17,19,25H,1-5H3,(H,21,26)/t8-,15+,16+,17-,19-/m0/s1. The van der Waals surface area contributed by atoms with E-state index in [1.165, 1.54) is 26.3 Å². The second-order valence-electron chi connectivity index (χ2n) is 6.67. The molecule has 1 amide bonds. The summed E-state index contributed by atoms with van der Waals surface area (Å²) < 4.78 is 26.3. The smallest absolute Gasteiger partial charge is 0.303 e. The van der Waals surface area contributed by atoms with Crippen LogP contribution in [-0.2, 0) is 33.3 Å². The Bertz CT molecular complexity index is 858. The number of hydrogen-bond donors (Lipinski definition) is 2. The number of carbonyl (C=O) groups is 4. The summed E-state index contributed by atoms with van der Waals surface area (Å²) in [6, 6.07) is 1.35. The van der Waals surface area contributed by atoms with Gasteiger partial charge in [0.05, 0.1) is 13.2 Å². The molecule has 1 saturated heterocycles. The molecule has 0 spiro atoms. The van der Waals surface area contributed by atoms with Gasteiger partial charge in [0.25, 0.3) is 5.91 Å². The van der Waals surface area contributed by atoms with E-state index in [0.717, 1.165) is 20.8 Å². The first kappa shape index (κ1) is 23.9. The lowest BCUT2D eigenvalue weighted by molar-refractivity contribution is -0.246. The highest BCUT2D eigenvalue weighted by Gasteiger charge is 2.51. The first-order chi connectivity index (χ1) is 14.5. The predicted molar refractivity (Wildman–Crippen MR) is 101 cm³/mol. The monoisotopic (exact) mass is 440 g/mol. The Kier molecular flexibility index (Phi) is 7.75. The lowest BCUT2D eigenvalue weighted by Crippen LogP contribution is -2.64. The fraction of sp³-hybridized carbons (Fsp3) is 0.526. The molecule has 0 radical (unpaired) electrons. The van der Waals surface area contributed by atoms with E-state index in [4.69, 9.17) is 23.7 Å². The van der Waals surface area contributed by atoms with Crippen LogP contribution in [0.3, 0.4) is 0 Å². The first-order valence-corrected chi connectivity index (χ1v) is 9.25. The molecule has 0 bridgehead atoms. The van der Waals surface area contributed by atoms with Gasteiger partial charge in [0.2, 0.25) is 0 Å². The van der Waals surface area contributed by atoms with Crippen LogP contribution < -0.4 is 10.1 Å². The fourth-order valence-corrected chi connectivity index (χ4v) is 3.09. The van der Waals surface area contributed by atoms with Gasteiger partial charge >= 0.3 is 17.9 Å². The maximum atomic E-state index is 12.7. The van der Waals surface area contributed by atoms with Gasteiger partial charge in [-0.05, 0) is 6.92 Å². The van der Waals surface area contributed by atoms with E-state index < -0.39 is 60.2 Å². The molecule has 1 fully saturated rings. The number of esters is 3. The molecule has 0 aromatic carbocycles. The summed E-state index contributed by atoms with van der Waals surface area (Å²) in [6.07, 6.45) is -4.68. The largest absolute Gasteiger partial charge is 0.503 e. The highest BCUT2D eigenvalue weighted by Crippen LogP contribution is 2.30. The zero-order valence-electron chi connectivity index (χ0n) is 17.6. The molecule has 2 rings (SSSR count). The van der Waals surface area contributed by atoms with Crippen molar-refractivity contribution >= 4 is 23.8 Å². The zero-order chi connectivity index (χ0) is 23.3. The number of aromatic hydroxyl groups is 1. The van der Waals surface area contributed by atoms with Crippen LogP contribution >= 0.6 is 0 Å². The Morgan fingerprint density at radius 3 is 2.10 bits per heavy atom. The van der Waals surface area contributed by atoms with E-state index in [2.05, 4.69) is 10.3 Å². The van der Waals surface area contributed by atoms with Crippen molar-refractivity contribution in [3.05, 3.63) is 18.0 Å². The molecule has 5 atom stereocenters. The summed E-state index contributed by atoms with van der Waals surface area (Å²) in [6.45, 7) is 4.91. The van der Waals surface area contributed by atoms with Crippen LogP contribution in [0.15, 0.2) is 12.3 Å². The Hall–Kier alpha value is -3.41. The Balaban J connectivity index is 2.38. The third-order valence-corrected chi connectivity index (χ3v) is 4.27. The number of amides is 1. The van der Waals surface area contributed by atoms with Crippen LogP contribution in [0.5, 0.6) is 11.5 Å². The van der Waals surface area contributed by atoms with E-state index in [1.807, 2.05) is 0 Å². The van der Waals surface area contributed by atoms with Gasteiger partial charge in [-0.1, -0.05) is 0 Å². The van der Waals surface area contributed by atoms with E-state index >= 15 is 0 Å². The second-order valence-corrected chi connectivity index (χ2v) is 6.67. The van der Waals surface area contributed by atoms with E-state index in [1.54, 1.807) is 0 Å². The molecule has 1 aromatic heterocycles. The number of hydrogen-bond acceptors (Lipinski definition) is 11. The van der Waals surface area contributed by atoms with Gasteiger partial charge in [0.1, 0.15) is 0 Å². The van der Waals surface area contributed by atoms with Crippen molar-refractivity contribution in [2.75, 3.05) is 7.11 Å². The van der Waals surface area contributed by atoms with Crippen LogP contribution in [0.2, 0.25) is 0 Å². The van der Waals surface area contributed by atoms with Crippen molar-refractivity contribution in [1.29, 1.82) is 0 Å². The molecule has 170 valence electrons. The molecule has 1 aliphatic rings. The summed E-state index contributed by atoms with van der Waals surface area (Å²) >= 11 is 0. The third kappa shape index (κ3) is 5.81. The molecule has 0 saturated carbocycles. The summed E-state index contributed by atoms with van der Waals surface area (Å²) in [5.41, 5.74) is -0.372. The lowest BCUT2D eigenvalue weighted by atomic mass is 9.97. The molecule has 12 heteroatoms. The quantitative estimate of drug-likeness (QED) is 0.455. The van der Waals surface area contributed by atoms with Gasteiger partial charge in [0.15, 0.2) is 41.7 Å². The van der Waals surface area contributed by atoms with Crippen LogP contribution in [0.1, 0.15) is 38.2 Å². The summed E-state index contributed by atoms with van der Waals surface area (Å²) in [5, 5.41) is 12.6. The molecule has 1 aromatic rings. The number of carbonyl (C=O) groups excluding carboxylic acids is 4. The average Bonchev–Trinajstić information content (AvgIpc) is 2.66. The van der Waals surface area contributed by atoms with Crippen LogP contribution in [0.4, 0.5) is 0 Å². The van der Waals surface area contributed by atoms with Crippen LogP contribution in [-0.4, -0.2) is 71.7 Å². The Morgan fingerprint density at radius 1 is 1.00 bits per heavy atom. The van der Waals surface area contributed by atoms with Crippen molar-refractivity contribution in [3.8, 4) is 11.5 Å². The molecule has 2 N–H and O–H groups in total. The summed E-state index contributed by atoms with van der Waals surface area (Å²) in [7, 11) is 1.30. The van der Waals surface area contributed by atoms with Gasteiger partial charge in [0, 0.05) is 33.0 Å². The average molecular weight is 440 g/mol. The zero-order valence-corrected chi connectivity index (χ0v) is 17.6. The number of nitrogens with one attached hydrogen (secondary N) is 1. The molecule has 31 heavy (non-hydrogen) atoms. The van der Waals surface area contributed by atoms with E-state index in [0.29, 0.717) is 0 Å². The van der Waals surface area contributed by atoms with Crippen molar-refractivity contribution in [1.82, 2.24) is 10.3 Å². The van der Waals surface area contributed by atoms with E-state index in [-0.39, 0.29) is 11.4 Å². The van der Waals surface area contributed by atoms with E-state index in [9.17, 15) is 24.3 Å². The Morgan fingerprint density at radius 2 is 1.55 bits per heavy atom. The summed E-state index contributed by atoms with van der Waals surface area (Å²) in [4.78, 5) is 51.4. The number of methoxy groups -OCH3 is 1. The van der Waals surface area contributed by atoms with Crippen molar-refractivity contribution in [2.45, 2.75) is 58.3 Å². The minimum absolute atomic E-state index is 0.0160. The fourth-order valence-electron chi connectivity index (χ4n) is 3.09. The van der Waals surface area contributed by atoms with Crippen molar-refractivity contribution in [3.63, 3.8) is 0 Å². The minimum atomic E-state index is -1.36. The Labute approximate surface area is 177 Å². The second kappa shape index (κ2) is 10.1. The highest BCUT2D eigenvalue weighted by molar-refractivity contribution is 5.95. The molecular weight excluding hydrogens is 416 g/mol. The molecule has 0 aliphatic carbocycles. The topological polar surface area (TPSA) is 160 Å². The maximum Gasteiger partial charge on any atom is 0.303 e. The van der Waals surface area contributed by atoms with Gasteiger partial charge in [-0.2, -0.15) is 0 Å². The number of aromatic nitrogens is 1. The summed E-state index contributed by atoms with van der Waals surface area (Å²) in [5.74, 6) is -3.54. The van der Waals surface area contributed by atoms with Crippen molar-refractivity contribution < 1.29 is 48.0 Å². The highest BCUT2D eigenvalue weighted by atomic mass is 16.7. The van der Waals surface area contributed by atoms with Crippen LogP contribution in [0.25, 0.3) is 0 Å². The SMILES string of the molecule is COc1ccnc(C(=O)N[C@H]2O[C@@H](C)[C@@H](OC(C)=O)[C@@H](OC(C)=O)[C@@H]2OC(C)=O)c1O. The first-order valence-electron chi connectivity index (χ1n) is 9.25. The molecule has 1 aliphatic heterocycles. The molecule has 12 nitrogen and oxygen atoms in total. The number of pyridine rings is 1. The lowest BCUT2D eigenvalue weighted by Gasteiger charge is -2.43.